The lowest BCUT2D eigenvalue weighted by molar-refractivity contribution is 0.704. The Morgan fingerprint density at radius 1 is 1.50 bits per heavy atom. The van der Waals surface area contributed by atoms with Gasteiger partial charge >= 0.3 is 0 Å². The van der Waals surface area contributed by atoms with E-state index in [4.69, 9.17) is 0 Å². The minimum Gasteiger partial charge on any atom is -0.310 e. The van der Waals surface area contributed by atoms with Gasteiger partial charge in [0.25, 0.3) is 0 Å². The topological polar surface area (TPSA) is 24.4 Å². The maximum atomic E-state index is 4.18. The van der Waals surface area contributed by atoms with Gasteiger partial charge in [-0.15, -0.1) is 0 Å². The molecule has 0 saturated carbocycles. The first-order valence-corrected chi connectivity index (χ1v) is 3.99. The Kier molecular flexibility index (Phi) is 4.99. The van der Waals surface area contributed by atoms with Crippen LogP contribution in [-0.4, -0.2) is 12.3 Å². The summed E-state index contributed by atoms with van der Waals surface area (Å²) in [5.74, 6) is 0.610. The maximum absolute atomic E-state index is 4.18. The second-order valence-corrected chi connectivity index (χ2v) is 2.57. The molecule has 0 saturated heterocycles. The van der Waals surface area contributed by atoms with Crippen molar-refractivity contribution in [1.29, 1.82) is 0 Å². The molecule has 1 atom stereocenters. The number of hydrogen-bond donors (Lipinski definition) is 1. The highest BCUT2D eigenvalue weighted by Crippen LogP contribution is 2.01. The highest BCUT2D eigenvalue weighted by atomic mass is 15.3. The lowest BCUT2D eigenvalue weighted by Crippen LogP contribution is -2.12. The van der Waals surface area contributed by atoms with Crippen molar-refractivity contribution >= 4 is 5.71 Å². The van der Waals surface area contributed by atoms with Crippen LogP contribution < -0.4 is 5.43 Å². The summed E-state index contributed by atoms with van der Waals surface area (Å²) in [6.07, 6.45) is 1.17. The summed E-state index contributed by atoms with van der Waals surface area (Å²) in [6.45, 7) is 9.39. The summed E-state index contributed by atoms with van der Waals surface area (Å²) >= 11 is 0. The van der Waals surface area contributed by atoms with Gasteiger partial charge in [0.05, 0.1) is 0 Å². The lowest BCUT2D eigenvalue weighted by Gasteiger charge is -2.06. The molecule has 0 unspecified atom stereocenters. The van der Waals surface area contributed by atoms with E-state index in [-0.39, 0.29) is 0 Å². The molecule has 0 aliphatic rings. The van der Waals surface area contributed by atoms with Crippen molar-refractivity contribution in [2.24, 2.45) is 11.0 Å². The van der Waals surface area contributed by atoms with Gasteiger partial charge in [0.15, 0.2) is 0 Å². The van der Waals surface area contributed by atoms with E-state index in [0.29, 0.717) is 5.92 Å². The minimum absolute atomic E-state index is 0.610. The smallest absolute Gasteiger partial charge is 0.0375 e. The molecule has 2 nitrogen and oxygen atoms in total. The van der Waals surface area contributed by atoms with Gasteiger partial charge in [-0.1, -0.05) is 13.8 Å². The zero-order valence-corrected chi connectivity index (χ0v) is 7.44. The normalized spacial score (nSPS) is 15.0. The van der Waals surface area contributed by atoms with Gasteiger partial charge in [0.1, 0.15) is 0 Å². The molecule has 0 heterocycles. The average molecular weight is 142 g/mol. The molecule has 60 valence electrons. The number of nitrogens with one attached hydrogen (secondary N) is 1. The number of hydrazone groups is 1. The minimum atomic E-state index is 0.610. The first kappa shape index (κ1) is 9.47. The monoisotopic (exact) mass is 142 g/mol. The van der Waals surface area contributed by atoms with Crippen molar-refractivity contribution in [2.75, 3.05) is 6.54 Å². The summed E-state index contributed by atoms with van der Waals surface area (Å²) in [6, 6.07) is 0. The number of hydrogen-bond acceptors (Lipinski definition) is 2. The van der Waals surface area contributed by atoms with E-state index in [0.717, 1.165) is 6.54 Å². The Labute approximate surface area is 63.7 Å². The third kappa shape index (κ3) is 3.49. The molecule has 0 rings (SSSR count). The molecule has 0 amide bonds. The highest BCUT2D eigenvalue weighted by Gasteiger charge is 2.00. The summed E-state index contributed by atoms with van der Waals surface area (Å²) < 4.78 is 0. The van der Waals surface area contributed by atoms with Crippen molar-refractivity contribution in [2.45, 2.75) is 34.1 Å². The average Bonchev–Trinajstić information content (AvgIpc) is 1.98. The molecular formula is C8H18N2. The summed E-state index contributed by atoms with van der Waals surface area (Å²) in [5.41, 5.74) is 4.15. The third-order valence-electron chi connectivity index (χ3n) is 1.74. The Hall–Kier alpha value is -0.530. The Bertz CT molecular complexity index is 108. The van der Waals surface area contributed by atoms with Crippen LogP contribution in [0.2, 0.25) is 0 Å². The standard InChI is InChI=1S/C8H18N2/c1-5-7(3)8(4)10-9-6-2/h7,9H,5-6H2,1-4H3/b10-8-/t7-/m1/s1. The molecule has 0 bridgehead atoms. The van der Waals surface area contributed by atoms with E-state index >= 15 is 0 Å². The Morgan fingerprint density at radius 3 is 2.50 bits per heavy atom. The molecule has 0 radical (unpaired) electrons. The van der Waals surface area contributed by atoms with E-state index in [9.17, 15) is 0 Å². The van der Waals surface area contributed by atoms with Gasteiger partial charge in [-0.25, -0.2) is 0 Å². The van der Waals surface area contributed by atoms with E-state index in [1.54, 1.807) is 0 Å². The molecule has 0 aromatic carbocycles. The summed E-state index contributed by atoms with van der Waals surface area (Å²) in [4.78, 5) is 0. The van der Waals surface area contributed by atoms with Gasteiger partial charge < -0.3 is 5.43 Å². The van der Waals surface area contributed by atoms with Crippen LogP contribution in [0.1, 0.15) is 34.1 Å². The van der Waals surface area contributed by atoms with Crippen LogP contribution in [0.25, 0.3) is 0 Å². The van der Waals surface area contributed by atoms with E-state index in [1.165, 1.54) is 12.1 Å². The van der Waals surface area contributed by atoms with Gasteiger partial charge in [-0.05, 0) is 26.2 Å². The molecule has 0 spiro atoms. The Morgan fingerprint density at radius 2 is 2.10 bits per heavy atom. The molecule has 0 aromatic rings. The van der Waals surface area contributed by atoms with Crippen LogP contribution >= 0.6 is 0 Å². The fraction of sp³-hybridized carbons (Fsp3) is 0.875. The zero-order chi connectivity index (χ0) is 7.98. The van der Waals surface area contributed by atoms with Crippen molar-refractivity contribution in [3.63, 3.8) is 0 Å². The lowest BCUT2D eigenvalue weighted by atomic mass is 10.1. The molecule has 0 fully saturated rings. The van der Waals surface area contributed by atoms with Crippen LogP contribution in [0.5, 0.6) is 0 Å². The van der Waals surface area contributed by atoms with Crippen molar-refractivity contribution in [1.82, 2.24) is 5.43 Å². The van der Waals surface area contributed by atoms with Gasteiger partial charge in [-0.2, -0.15) is 5.10 Å². The van der Waals surface area contributed by atoms with E-state index < -0.39 is 0 Å². The largest absolute Gasteiger partial charge is 0.310 e. The first-order chi connectivity index (χ1) is 4.72. The second kappa shape index (κ2) is 5.27. The molecule has 0 aliphatic carbocycles. The molecule has 2 heteroatoms. The van der Waals surface area contributed by atoms with Gasteiger partial charge in [-0.3, -0.25) is 0 Å². The van der Waals surface area contributed by atoms with Gasteiger partial charge in [0, 0.05) is 12.3 Å². The molecule has 0 aliphatic heterocycles. The first-order valence-electron chi connectivity index (χ1n) is 3.99. The van der Waals surface area contributed by atoms with Crippen LogP contribution in [0, 0.1) is 5.92 Å². The van der Waals surface area contributed by atoms with Crippen LogP contribution in [0.4, 0.5) is 0 Å². The van der Waals surface area contributed by atoms with Crippen LogP contribution in [0.15, 0.2) is 5.10 Å². The van der Waals surface area contributed by atoms with Crippen molar-refractivity contribution in [3.05, 3.63) is 0 Å². The number of rotatable bonds is 4. The van der Waals surface area contributed by atoms with Crippen molar-refractivity contribution < 1.29 is 0 Å². The maximum Gasteiger partial charge on any atom is 0.0375 e. The number of nitrogens with zero attached hydrogens (tertiary/aromatic N) is 1. The highest BCUT2D eigenvalue weighted by molar-refractivity contribution is 5.83. The molecule has 10 heavy (non-hydrogen) atoms. The zero-order valence-electron chi connectivity index (χ0n) is 7.44. The fourth-order valence-corrected chi connectivity index (χ4v) is 0.609. The van der Waals surface area contributed by atoms with Crippen molar-refractivity contribution in [3.8, 4) is 0 Å². The quantitative estimate of drug-likeness (QED) is 0.471. The van der Waals surface area contributed by atoms with Crippen LogP contribution in [0.3, 0.4) is 0 Å². The summed E-state index contributed by atoms with van der Waals surface area (Å²) in [5, 5.41) is 4.18. The Balaban J connectivity index is 3.67. The van der Waals surface area contributed by atoms with E-state index in [1.807, 2.05) is 6.92 Å². The van der Waals surface area contributed by atoms with Gasteiger partial charge in [0.2, 0.25) is 0 Å². The van der Waals surface area contributed by atoms with E-state index in [2.05, 4.69) is 31.3 Å². The second-order valence-electron chi connectivity index (χ2n) is 2.57. The summed E-state index contributed by atoms with van der Waals surface area (Å²) in [7, 11) is 0. The predicted molar refractivity (Wildman–Crippen MR) is 46.2 cm³/mol. The SMILES string of the molecule is CCN/N=C(/C)[C@H](C)CC. The molecule has 1 N–H and O–H groups in total. The molecule has 0 aromatic heterocycles. The van der Waals surface area contributed by atoms with Crippen LogP contribution in [-0.2, 0) is 0 Å². The molecular weight excluding hydrogens is 124 g/mol. The predicted octanol–water partition coefficient (Wildman–Crippen LogP) is 2.02. The fourth-order valence-electron chi connectivity index (χ4n) is 0.609. The third-order valence-corrected chi connectivity index (χ3v) is 1.74.